The van der Waals surface area contributed by atoms with Gasteiger partial charge in [0, 0.05) is 18.8 Å². The van der Waals surface area contributed by atoms with E-state index in [-0.39, 0.29) is 0 Å². The summed E-state index contributed by atoms with van der Waals surface area (Å²) in [6.45, 7) is 15.4. The summed E-state index contributed by atoms with van der Waals surface area (Å²) >= 11 is 0. The molecule has 0 saturated carbocycles. The minimum absolute atomic E-state index is 0.475. The zero-order chi connectivity index (χ0) is 14.3. The number of aryl methyl sites for hydroxylation is 2. The highest BCUT2D eigenvalue weighted by Gasteiger charge is 2.08. The van der Waals surface area contributed by atoms with Gasteiger partial charge >= 0.3 is 0 Å². The van der Waals surface area contributed by atoms with Crippen LogP contribution in [0.5, 0.6) is 0 Å². The van der Waals surface area contributed by atoms with Crippen molar-refractivity contribution in [3.05, 3.63) is 11.9 Å². The zero-order valence-corrected chi connectivity index (χ0v) is 13.2. The molecular formula is C15H30N4. The van der Waals surface area contributed by atoms with Gasteiger partial charge in [-0.2, -0.15) is 0 Å². The van der Waals surface area contributed by atoms with Crippen molar-refractivity contribution in [2.45, 2.75) is 60.0 Å². The van der Waals surface area contributed by atoms with Crippen LogP contribution in [0.25, 0.3) is 0 Å². The Balaban J connectivity index is 2.36. The summed E-state index contributed by atoms with van der Waals surface area (Å²) < 4.78 is 2.18. The molecule has 1 atom stereocenters. The standard InChI is InChI=1S/C15H30N4/c1-6-18(7-2)11-9-10-13(4)16-15-17-14(5)12-19(15)8-3/h12-13H,6-11H2,1-5H3,(H,16,17). The molecule has 4 heteroatoms. The maximum absolute atomic E-state index is 4.54. The van der Waals surface area contributed by atoms with E-state index in [9.17, 15) is 0 Å². The third-order valence-corrected chi connectivity index (χ3v) is 3.62. The number of aromatic nitrogens is 2. The predicted octanol–water partition coefficient (Wildman–Crippen LogP) is 3.13. The van der Waals surface area contributed by atoms with E-state index in [0.717, 1.165) is 31.3 Å². The molecule has 1 aromatic heterocycles. The molecule has 1 aromatic rings. The lowest BCUT2D eigenvalue weighted by Crippen LogP contribution is -2.26. The lowest BCUT2D eigenvalue weighted by Gasteiger charge is -2.20. The van der Waals surface area contributed by atoms with Gasteiger partial charge in [-0.05, 0) is 53.2 Å². The molecule has 0 amide bonds. The smallest absolute Gasteiger partial charge is 0.203 e. The van der Waals surface area contributed by atoms with Crippen molar-refractivity contribution >= 4 is 5.95 Å². The van der Waals surface area contributed by atoms with Crippen LogP contribution < -0.4 is 5.32 Å². The molecule has 19 heavy (non-hydrogen) atoms. The Morgan fingerprint density at radius 2 is 2.00 bits per heavy atom. The van der Waals surface area contributed by atoms with Crippen LogP contribution in [0.1, 0.15) is 46.2 Å². The van der Waals surface area contributed by atoms with E-state index in [1.165, 1.54) is 19.4 Å². The highest BCUT2D eigenvalue weighted by molar-refractivity contribution is 5.29. The average Bonchev–Trinajstić information content (AvgIpc) is 2.74. The van der Waals surface area contributed by atoms with Gasteiger partial charge < -0.3 is 14.8 Å². The maximum atomic E-state index is 4.54. The van der Waals surface area contributed by atoms with E-state index in [0.29, 0.717) is 6.04 Å². The van der Waals surface area contributed by atoms with Crippen LogP contribution >= 0.6 is 0 Å². The van der Waals surface area contributed by atoms with Gasteiger partial charge in [0.1, 0.15) is 0 Å². The summed E-state index contributed by atoms with van der Waals surface area (Å²) in [6, 6.07) is 0.475. The molecule has 0 saturated heterocycles. The number of nitrogens with one attached hydrogen (secondary N) is 1. The lowest BCUT2D eigenvalue weighted by atomic mass is 10.2. The fraction of sp³-hybridized carbons (Fsp3) is 0.800. The second kappa shape index (κ2) is 8.20. The highest BCUT2D eigenvalue weighted by atomic mass is 15.2. The van der Waals surface area contributed by atoms with Crippen LogP contribution in [0.4, 0.5) is 5.95 Å². The third-order valence-electron chi connectivity index (χ3n) is 3.62. The van der Waals surface area contributed by atoms with Gasteiger partial charge in [-0.3, -0.25) is 0 Å². The van der Waals surface area contributed by atoms with E-state index < -0.39 is 0 Å². The van der Waals surface area contributed by atoms with E-state index >= 15 is 0 Å². The topological polar surface area (TPSA) is 33.1 Å². The Morgan fingerprint density at radius 1 is 1.32 bits per heavy atom. The Hall–Kier alpha value is -1.03. The average molecular weight is 266 g/mol. The number of anilines is 1. The lowest BCUT2D eigenvalue weighted by molar-refractivity contribution is 0.295. The predicted molar refractivity (Wildman–Crippen MR) is 82.7 cm³/mol. The monoisotopic (exact) mass is 266 g/mol. The molecule has 1 unspecified atom stereocenters. The first-order valence-electron chi connectivity index (χ1n) is 7.63. The summed E-state index contributed by atoms with van der Waals surface area (Å²) in [5, 5.41) is 3.53. The fourth-order valence-corrected chi connectivity index (χ4v) is 2.36. The van der Waals surface area contributed by atoms with Gasteiger partial charge in [0.05, 0.1) is 5.69 Å². The number of nitrogens with zero attached hydrogens (tertiary/aromatic N) is 3. The normalized spacial score (nSPS) is 12.9. The number of hydrogen-bond acceptors (Lipinski definition) is 3. The summed E-state index contributed by atoms with van der Waals surface area (Å²) in [7, 11) is 0. The fourth-order valence-electron chi connectivity index (χ4n) is 2.36. The first-order chi connectivity index (χ1) is 9.10. The van der Waals surface area contributed by atoms with Gasteiger partial charge in [-0.1, -0.05) is 13.8 Å². The quantitative estimate of drug-likeness (QED) is 0.745. The molecular weight excluding hydrogens is 236 g/mol. The van der Waals surface area contributed by atoms with Crippen LogP contribution in [0.15, 0.2) is 6.20 Å². The molecule has 0 fully saturated rings. The van der Waals surface area contributed by atoms with Crippen LogP contribution in [-0.4, -0.2) is 40.1 Å². The molecule has 0 aliphatic rings. The number of hydrogen-bond donors (Lipinski definition) is 1. The minimum Gasteiger partial charge on any atom is -0.353 e. The highest BCUT2D eigenvalue weighted by Crippen LogP contribution is 2.11. The van der Waals surface area contributed by atoms with E-state index in [2.05, 4.69) is 53.7 Å². The largest absolute Gasteiger partial charge is 0.353 e. The molecule has 0 aliphatic heterocycles. The summed E-state index contributed by atoms with van der Waals surface area (Å²) in [5.41, 5.74) is 1.08. The van der Waals surface area contributed by atoms with Crippen LogP contribution in [0.3, 0.4) is 0 Å². The molecule has 4 nitrogen and oxygen atoms in total. The summed E-state index contributed by atoms with van der Waals surface area (Å²) in [4.78, 5) is 7.01. The molecule has 0 aromatic carbocycles. The molecule has 1 rings (SSSR count). The summed E-state index contributed by atoms with van der Waals surface area (Å²) in [6.07, 6.45) is 4.53. The van der Waals surface area contributed by atoms with Crippen molar-refractivity contribution in [3.63, 3.8) is 0 Å². The summed E-state index contributed by atoms with van der Waals surface area (Å²) in [5.74, 6) is 1.01. The second-order valence-corrected chi connectivity index (χ2v) is 5.21. The van der Waals surface area contributed by atoms with Gasteiger partial charge in [-0.25, -0.2) is 4.98 Å². The first kappa shape index (κ1) is 16.0. The van der Waals surface area contributed by atoms with E-state index in [1.54, 1.807) is 0 Å². The van der Waals surface area contributed by atoms with Gasteiger partial charge in [-0.15, -0.1) is 0 Å². The zero-order valence-electron chi connectivity index (χ0n) is 13.2. The first-order valence-corrected chi connectivity index (χ1v) is 7.63. The van der Waals surface area contributed by atoms with Crippen molar-refractivity contribution < 1.29 is 0 Å². The van der Waals surface area contributed by atoms with Crippen molar-refractivity contribution in [1.29, 1.82) is 0 Å². The van der Waals surface area contributed by atoms with Gasteiger partial charge in [0.25, 0.3) is 0 Å². The second-order valence-electron chi connectivity index (χ2n) is 5.21. The SMILES string of the molecule is CCN(CC)CCCC(C)Nc1nc(C)cn1CC. The third kappa shape index (κ3) is 5.23. The Labute approximate surface area is 118 Å². The molecule has 1 heterocycles. The van der Waals surface area contributed by atoms with Crippen molar-refractivity contribution in [3.8, 4) is 0 Å². The van der Waals surface area contributed by atoms with E-state index in [4.69, 9.17) is 0 Å². The van der Waals surface area contributed by atoms with Crippen molar-refractivity contribution in [1.82, 2.24) is 14.5 Å². The number of imidazole rings is 1. The van der Waals surface area contributed by atoms with Gasteiger partial charge in [0.2, 0.25) is 5.95 Å². The molecule has 1 N–H and O–H groups in total. The molecule has 0 aliphatic carbocycles. The van der Waals surface area contributed by atoms with Crippen molar-refractivity contribution in [2.75, 3.05) is 25.0 Å². The minimum atomic E-state index is 0.475. The maximum Gasteiger partial charge on any atom is 0.203 e. The Bertz CT molecular complexity index is 355. The van der Waals surface area contributed by atoms with Crippen LogP contribution in [0.2, 0.25) is 0 Å². The van der Waals surface area contributed by atoms with Crippen LogP contribution in [0, 0.1) is 6.92 Å². The molecule has 0 bridgehead atoms. The molecule has 0 spiro atoms. The Kier molecular flexibility index (Phi) is 6.92. The van der Waals surface area contributed by atoms with Crippen molar-refractivity contribution in [2.24, 2.45) is 0 Å². The molecule has 110 valence electrons. The van der Waals surface area contributed by atoms with Crippen LogP contribution in [-0.2, 0) is 6.54 Å². The van der Waals surface area contributed by atoms with E-state index in [1.807, 2.05) is 6.92 Å². The molecule has 0 radical (unpaired) electrons. The Morgan fingerprint density at radius 3 is 2.58 bits per heavy atom. The number of rotatable bonds is 9. The van der Waals surface area contributed by atoms with Gasteiger partial charge in [0.15, 0.2) is 0 Å².